The maximum atomic E-state index is 9.88. The maximum Gasteiger partial charge on any atom is 0.359 e. The van der Waals surface area contributed by atoms with Gasteiger partial charge in [-0.05, 0) is 0 Å². The van der Waals surface area contributed by atoms with Crippen LogP contribution in [0.25, 0.3) is 0 Å². The van der Waals surface area contributed by atoms with Gasteiger partial charge in [-0.3, -0.25) is 0 Å². The summed E-state index contributed by atoms with van der Waals surface area (Å²) in [5, 5.41) is 9.88. The van der Waals surface area contributed by atoms with Crippen LogP contribution in [0.3, 0.4) is 0 Å². The number of hydrogen-bond donors (Lipinski definition) is 0. The lowest BCUT2D eigenvalue weighted by Gasteiger charge is -1.93. The van der Waals surface area contributed by atoms with Gasteiger partial charge < -0.3 is 0 Å². The van der Waals surface area contributed by atoms with Crippen LogP contribution in [0.2, 0.25) is 0 Å². The van der Waals surface area contributed by atoms with Gasteiger partial charge in [-0.2, -0.15) is 0 Å². The van der Waals surface area contributed by atoms with Gasteiger partial charge in [0.1, 0.15) is 0 Å². The smallest absolute Gasteiger partial charge is 0.247 e. The molecule has 0 aromatic heterocycles. The molecule has 0 aliphatic rings. The molecule has 0 aliphatic carbocycles. The van der Waals surface area contributed by atoms with Gasteiger partial charge in [0.15, 0.2) is 0 Å². The normalized spacial score (nSPS) is 12.0. The third-order valence-electron chi connectivity index (χ3n) is 0.826. The highest BCUT2D eigenvalue weighted by Gasteiger charge is 2.09. The van der Waals surface area contributed by atoms with Crippen LogP contribution in [-0.4, -0.2) is 5.97 Å². The van der Waals surface area contributed by atoms with Crippen molar-refractivity contribution in [2.45, 2.75) is 13.3 Å². The van der Waals surface area contributed by atoms with Gasteiger partial charge in [0.05, 0.1) is 5.92 Å². The van der Waals surface area contributed by atoms with Crippen LogP contribution < -0.4 is 0 Å². The van der Waals surface area contributed by atoms with Crippen molar-refractivity contribution >= 4 is 5.97 Å². The van der Waals surface area contributed by atoms with Crippen LogP contribution in [0.5, 0.6) is 0 Å². The van der Waals surface area contributed by atoms with Crippen LogP contribution in [-0.2, 0) is 9.90 Å². The molecule has 2 nitrogen and oxygen atoms in total. The van der Waals surface area contributed by atoms with E-state index in [0.717, 1.165) is 0 Å². The number of carbonyl (C=O) groups excluding carboxylic acids is 1. The first-order chi connectivity index (χ1) is 3.68. The summed E-state index contributed by atoms with van der Waals surface area (Å²) in [6.45, 7) is 1.52. The Morgan fingerprint density at radius 2 is 2.38 bits per heavy atom. The van der Waals surface area contributed by atoms with Gasteiger partial charge in [-0.15, -0.1) is 12.3 Å². The van der Waals surface area contributed by atoms with Crippen molar-refractivity contribution in [3.05, 3.63) is 0 Å². The summed E-state index contributed by atoms with van der Waals surface area (Å²) < 4.78 is 0. The highest BCUT2D eigenvalue weighted by atomic mass is 16.4. The molecular weight excluding hydrogens is 104 g/mol. The lowest BCUT2D eigenvalue weighted by molar-refractivity contribution is -0.147. The van der Waals surface area contributed by atoms with E-state index < -0.39 is 11.9 Å². The van der Waals surface area contributed by atoms with Crippen molar-refractivity contribution in [2.24, 2.45) is 5.92 Å². The summed E-state index contributed by atoms with van der Waals surface area (Å²) in [6, 6.07) is 0. The highest BCUT2D eigenvalue weighted by Crippen LogP contribution is 1.98. The second-order valence-corrected chi connectivity index (χ2v) is 1.63. The third-order valence-corrected chi connectivity index (χ3v) is 0.826. The molecule has 0 amide bonds. The summed E-state index contributed by atoms with van der Waals surface area (Å²) in [5.74, 6) is 0.633. The fraction of sp³-hybridized carbons (Fsp3) is 0.500. The van der Waals surface area contributed by atoms with Crippen molar-refractivity contribution in [3.8, 4) is 12.3 Å². The van der Waals surface area contributed by atoms with Gasteiger partial charge in [-0.25, -0.2) is 9.90 Å². The standard InChI is InChI=1S/C6H7O2/c1-3-4-5(2)6(7)8/h1,5H,4H2,2H3. The molecule has 0 bridgehead atoms. The lowest BCUT2D eigenvalue weighted by atomic mass is 10.1. The molecule has 0 saturated carbocycles. The van der Waals surface area contributed by atoms with E-state index in [1.165, 1.54) is 6.92 Å². The molecule has 0 aliphatic heterocycles. The van der Waals surface area contributed by atoms with Crippen molar-refractivity contribution in [3.63, 3.8) is 0 Å². The van der Waals surface area contributed by atoms with E-state index in [-0.39, 0.29) is 6.42 Å². The zero-order chi connectivity index (χ0) is 6.57. The molecule has 2 heteroatoms. The van der Waals surface area contributed by atoms with Crippen LogP contribution in [0, 0.1) is 18.3 Å². The molecule has 0 rings (SSSR count). The first kappa shape index (κ1) is 7.03. The molecule has 0 spiro atoms. The predicted molar refractivity (Wildman–Crippen MR) is 28.3 cm³/mol. The molecule has 0 heterocycles. The Labute approximate surface area is 48.5 Å². The Hall–Kier alpha value is -0.970. The van der Waals surface area contributed by atoms with Crippen LogP contribution in [0.4, 0.5) is 0 Å². The molecule has 0 aromatic carbocycles. The minimum absolute atomic E-state index is 0.252. The van der Waals surface area contributed by atoms with E-state index >= 15 is 0 Å². The SMILES string of the molecule is C#CCC(C)C([O])=O. The van der Waals surface area contributed by atoms with E-state index in [2.05, 4.69) is 5.92 Å². The van der Waals surface area contributed by atoms with Crippen molar-refractivity contribution in [1.82, 2.24) is 0 Å². The Balaban J connectivity index is 3.52. The maximum absolute atomic E-state index is 9.88. The summed E-state index contributed by atoms with van der Waals surface area (Å²) in [4.78, 5) is 9.88. The minimum atomic E-state index is -1.08. The summed E-state index contributed by atoms with van der Waals surface area (Å²) >= 11 is 0. The Kier molecular flexibility index (Phi) is 2.71. The average Bonchev–Trinajstić information content (AvgIpc) is 1.67. The number of terminal acetylenes is 1. The van der Waals surface area contributed by atoms with Gasteiger partial charge in [0, 0.05) is 6.42 Å². The molecule has 0 fully saturated rings. The van der Waals surface area contributed by atoms with Crippen molar-refractivity contribution < 1.29 is 9.90 Å². The molecule has 0 saturated heterocycles. The van der Waals surface area contributed by atoms with Gasteiger partial charge in [0.2, 0.25) is 0 Å². The Morgan fingerprint density at radius 3 is 2.50 bits per heavy atom. The molecule has 8 heavy (non-hydrogen) atoms. The second-order valence-electron chi connectivity index (χ2n) is 1.63. The fourth-order valence-corrected chi connectivity index (χ4v) is 0.260. The largest absolute Gasteiger partial charge is 0.359 e. The number of hydrogen-bond acceptors (Lipinski definition) is 1. The second kappa shape index (κ2) is 3.09. The molecular formula is C6H7O2. The molecule has 1 radical (unpaired) electrons. The quantitative estimate of drug-likeness (QED) is 0.481. The zero-order valence-corrected chi connectivity index (χ0v) is 4.68. The molecule has 0 aromatic rings. The highest BCUT2D eigenvalue weighted by molar-refractivity contribution is 5.69. The molecule has 0 N–H and O–H groups in total. The van der Waals surface area contributed by atoms with Crippen molar-refractivity contribution in [1.29, 1.82) is 0 Å². The summed E-state index contributed by atoms with van der Waals surface area (Å²) in [6.07, 6.45) is 5.08. The lowest BCUT2D eigenvalue weighted by Crippen LogP contribution is -2.05. The third kappa shape index (κ3) is 2.25. The zero-order valence-electron chi connectivity index (χ0n) is 4.68. The monoisotopic (exact) mass is 111 g/mol. The van der Waals surface area contributed by atoms with E-state index in [9.17, 15) is 9.90 Å². The number of carbonyl (C=O) groups is 1. The van der Waals surface area contributed by atoms with E-state index in [1.54, 1.807) is 0 Å². The summed E-state index contributed by atoms with van der Waals surface area (Å²) in [7, 11) is 0. The van der Waals surface area contributed by atoms with Crippen LogP contribution >= 0.6 is 0 Å². The van der Waals surface area contributed by atoms with Crippen LogP contribution in [0.15, 0.2) is 0 Å². The van der Waals surface area contributed by atoms with Crippen LogP contribution in [0.1, 0.15) is 13.3 Å². The predicted octanol–water partition coefficient (Wildman–Crippen LogP) is 0.603. The minimum Gasteiger partial charge on any atom is -0.247 e. The molecule has 1 unspecified atom stereocenters. The van der Waals surface area contributed by atoms with E-state index in [4.69, 9.17) is 6.42 Å². The fourth-order valence-electron chi connectivity index (χ4n) is 0.260. The summed E-state index contributed by atoms with van der Waals surface area (Å²) in [5.41, 5.74) is 0. The first-order valence-corrected chi connectivity index (χ1v) is 2.32. The van der Waals surface area contributed by atoms with Gasteiger partial charge >= 0.3 is 5.97 Å². The first-order valence-electron chi connectivity index (χ1n) is 2.32. The number of rotatable bonds is 2. The Morgan fingerprint density at radius 1 is 1.88 bits per heavy atom. The van der Waals surface area contributed by atoms with Crippen molar-refractivity contribution in [2.75, 3.05) is 0 Å². The molecule has 1 atom stereocenters. The van der Waals surface area contributed by atoms with E-state index in [0.29, 0.717) is 0 Å². The van der Waals surface area contributed by atoms with E-state index in [1.807, 2.05) is 0 Å². The van der Waals surface area contributed by atoms with Gasteiger partial charge in [-0.1, -0.05) is 6.92 Å². The molecule has 43 valence electrons. The Bertz CT molecular complexity index is 121. The topological polar surface area (TPSA) is 37.0 Å². The van der Waals surface area contributed by atoms with Gasteiger partial charge in [0.25, 0.3) is 0 Å². The average molecular weight is 111 g/mol.